The predicted octanol–water partition coefficient (Wildman–Crippen LogP) is 5.53. The summed E-state index contributed by atoms with van der Waals surface area (Å²) in [5.74, 6) is -0.413. The van der Waals surface area contributed by atoms with Crippen LogP contribution in [0.1, 0.15) is 60.8 Å². The van der Waals surface area contributed by atoms with Crippen LogP contribution in [0.2, 0.25) is 0 Å². The fraction of sp³-hybridized carbons (Fsp3) is 0.545. The monoisotopic (exact) mass is 395 g/mol. The van der Waals surface area contributed by atoms with Gasteiger partial charge in [-0.25, -0.2) is 4.79 Å². The van der Waals surface area contributed by atoms with Gasteiger partial charge < -0.3 is 10.4 Å². The largest absolute Gasteiger partial charge is 0.480 e. The quantitative estimate of drug-likeness (QED) is 0.244. The zero-order valence-corrected chi connectivity index (χ0v) is 17.3. The first-order valence-corrected chi connectivity index (χ1v) is 10.1. The van der Waals surface area contributed by atoms with Crippen LogP contribution in [0.15, 0.2) is 47.6 Å². The molecule has 0 aromatic rings. The van der Waals surface area contributed by atoms with Crippen molar-refractivity contribution in [2.45, 2.75) is 66.8 Å². The van der Waals surface area contributed by atoms with Crippen LogP contribution in [0.4, 0.5) is 0 Å². The molecule has 0 bridgehead atoms. The van der Waals surface area contributed by atoms with E-state index in [0.29, 0.717) is 5.75 Å². The maximum Gasteiger partial charge on any atom is 0.327 e. The molecule has 0 radical (unpaired) electrons. The molecule has 0 aromatic heterocycles. The number of rotatable bonds is 13. The van der Waals surface area contributed by atoms with Crippen LogP contribution in [0, 0.1) is 0 Å². The number of carbonyl (C=O) groups is 2. The number of thioether (sulfide) groups is 1. The van der Waals surface area contributed by atoms with Gasteiger partial charge in [-0.2, -0.15) is 11.8 Å². The van der Waals surface area contributed by atoms with Crippen molar-refractivity contribution in [3.05, 3.63) is 47.6 Å². The van der Waals surface area contributed by atoms with Crippen molar-refractivity contribution in [2.24, 2.45) is 0 Å². The van der Waals surface area contributed by atoms with Gasteiger partial charge in [0.2, 0.25) is 5.91 Å². The molecule has 1 amide bonds. The number of amides is 1. The zero-order chi connectivity index (χ0) is 19.9. The highest BCUT2D eigenvalue weighted by atomic mass is 32.2. The summed E-state index contributed by atoms with van der Waals surface area (Å²) in [5.41, 5.74) is 4.09. The lowest BCUT2D eigenvalue weighted by atomic mass is 10.1. The Morgan fingerprint density at radius 2 is 1.59 bits per heavy atom. The van der Waals surface area contributed by atoms with E-state index in [9.17, 15) is 9.59 Å². The van der Waals surface area contributed by atoms with Crippen molar-refractivity contribution in [1.82, 2.24) is 5.32 Å². The van der Waals surface area contributed by atoms with Crippen LogP contribution >= 0.6 is 11.8 Å². The van der Waals surface area contributed by atoms with Gasteiger partial charge in [0.15, 0.2) is 0 Å². The first kappa shape index (κ1) is 27.5. The summed E-state index contributed by atoms with van der Waals surface area (Å²) in [6.07, 6.45) is 12.0. The number of nitrogens with one attached hydrogen (secondary N) is 1. The third-order valence-electron chi connectivity index (χ3n) is 3.76. The first-order chi connectivity index (χ1) is 12.3. The third kappa shape index (κ3) is 16.2. The highest BCUT2D eigenvalue weighted by Gasteiger charge is 2.18. The fourth-order valence-electron chi connectivity index (χ4n) is 2.13. The van der Waals surface area contributed by atoms with Crippen LogP contribution in [0.5, 0.6) is 0 Å². The molecular formula is C22H37NO3S. The number of hydrogen-bond donors (Lipinski definition) is 2. The van der Waals surface area contributed by atoms with Gasteiger partial charge in [0.05, 0.1) is 0 Å². The molecular weight excluding hydrogens is 358 g/mol. The Bertz CT molecular complexity index is 558. The maximum absolute atomic E-state index is 11.2. The lowest BCUT2D eigenvalue weighted by Gasteiger charge is -2.12. The van der Waals surface area contributed by atoms with E-state index < -0.39 is 17.9 Å². The molecule has 4 nitrogen and oxygen atoms in total. The van der Waals surface area contributed by atoms with Crippen molar-refractivity contribution in [1.29, 1.82) is 0 Å². The van der Waals surface area contributed by atoms with E-state index in [1.165, 1.54) is 28.5 Å². The van der Waals surface area contributed by atoms with E-state index in [-0.39, 0.29) is 7.43 Å². The lowest BCUT2D eigenvalue weighted by Crippen LogP contribution is -2.41. The second-order valence-electron chi connectivity index (χ2n) is 6.60. The molecule has 2 N–H and O–H groups in total. The Hall–Kier alpha value is -1.75. The standard InChI is InChI=1S/C21H33NO3S.CH4/c1-6-20(23)22-19(21(24)25)15-26-14-13-18(5)12-8-11-17(4)10-7-9-16(2)3;/h6,9,11,13,19H,1,7-8,10,12,14-15H2,2-5H3,(H,22,23)(H,24,25);1H4/b17-11+,18-13+;/t19-;/m0./s1. The zero-order valence-electron chi connectivity index (χ0n) is 16.5. The second-order valence-corrected chi connectivity index (χ2v) is 7.68. The summed E-state index contributed by atoms with van der Waals surface area (Å²) in [4.78, 5) is 22.3. The molecule has 0 aliphatic rings. The van der Waals surface area contributed by atoms with Gasteiger partial charge in [-0.15, -0.1) is 0 Å². The van der Waals surface area contributed by atoms with E-state index in [0.717, 1.165) is 37.5 Å². The van der Waals surface area contributed by atoms with Gasteiger partial charge in [-0.05, 0) is 59.5 Å². The van der Waals surface area contributed by atoms with Crippen LogP contribution in [-0.4, -0.2) is 34.5 Å². The topological polar surface area (TPSA) is 66.4 Å². The molecule has 154 valence electrons. The summed E-state index contributed by atoms with van der Waals surface area (Å²) >= 11 is 1.50. The van der Waals surface area contributed by atoms with Gasteiger partial charge in [0, 0.05) is 11.5 Å². The highest BCUT2D eigenvalue weighted by Crippen LogP contribution is 2.13. The smallest absolute Gasteiger partial charge is 0.327 e. The van der Waals surface area contributed by atoms with Gasteiger partial charge in [0.1, 0.15) is 6.04 Å². The van der Waals surface area contributed by atoms with Crippen LogP contribution in [0.3, 0.4) is 0 Å². The number of carboxylic acid groups (broad SMARTS) is 1. The molecule has 0 fully saturated rings. The number of allylic oxidation sites excluding steroid dienone is 5. The van der Waals surface area contributed by atoms with Crippen molar-refractivity contribution >= 4 is 23.6 Å². The number of carboxylic acids is 1. The molecule has 0 saturated carbocycles. The van der Waals surface area contributed by atoms with Gasteiger partial charge in [-0.3, -0.25) is 4.79 Å². The van der Waals surface area contributed by atoms with E-state index in [1.807, 2.05) is 0 Å². The fourth-order valence-corrected chi connectivity index (χ4v) is 3.13. The molecule has 0 rings (SSSR count). The highest BCUT2D eigenvalue weighted by molar-refractivity contribution is 7.99. The molecule has 0 heterocycles. The van der Waals surface area contributed by atoms with E-state index >= 15 is 0 Å². The number of aliphatic carboxylic acids is 1. The minimum atomic E-state index is -1.03. The average molecular weight is 396 g/mol. The van der Waals surface area contributed by atoms with E-state index in [4.69, 9.17) is 5.11 Å². The summed E-state index contributed by atoms with van der Waals surface area (Å²) in [6, 6.07) is -0.884. The van der Waals surface area contributed by atoms with Crippen molar-refractivity contribution in [2.75, 3.05) is 11.5 Å². The second kappa shape index (κ2) is 16.4. The molecule has 0 saturated heterocycles. The first-order valence-electron chi connectivity index (χ1n) is 8.94. The van der Waals surface area contributed by atoms with Crippen LogP contribution < -0.4 is 5.32 Å². The Morgan fingerprint density at radius 3 is 2.11 bits per heavy atom. The van der Waals surface area contributed by atoms with Crippen molar-refractivity contribution in [3.8, 4) is 0 Å². The molecule has 0 aliphatic heterocycles. The summed E-state index contributed by atoms with van der Waals surface area (Å²) < 4.78 is 0. The Balaban J connectivity index is 0. The minimum absolute atomic E-state index is 0. The summed E-state index contributed by atoms with van der Waals surface area (Å²) in [7, 11) is 0. The Labute approximate surface area is 169 Å². The predicted molar refractivity (Wildman–Crippen MR) is 119 cm³/mol. The molecule has 1 atom stereocenters. The maximum atomic E-state index is 11.2. The number of hydrogen-bond acceptors (Lipinski definition) is 3. The van der Waals surface area contributed by atoms with Crippen molar-refractivity contribution in [3.63, 3.8) is 0 Å². The molecule has 0 aliphatic carbocycles. The number of carbonyl (C=O) groups excluding carboxylic acids is 1. The molecule has 0 unspecified atom stereocenters. The average Bonchev–Trinajstić information content (AvgIpc) is 2.56. The Morgan fingerprint density at radius 1 is 1.04 bits per heavy atom. The minimum Gasteiger partial charge on any atom is -0.480 e. The summed E-state index contributed by atoms with van der Waals surface area (Å²) in [6.45, 7) is 11.8. The van der Waals surface area contributed by atoms with Crippen LogP contribution in [-0.2, 0) is 9.59 Å². The normalized spacial score (nSPS) is 12.6. The molecule has 0 spiro atoms. The third-order valence-corrected chi connectivity index (χ3v) is 4.73. The van der Waals surface area contributed by atoms with Gasteiger partial charge in [-0.1, -0.05) is 49.0 Å². The molecule has 5 heteroatoms. The van der Waals surface area contributed by atoms with E-state index in [2.05, 4.69) is 57.8 Å². The Kier molecular flexibility index (Phi) is 16.7. The van der Waals surface area contributed by atoms with Gasteiger partial charge >= 0.3 is 5.97 Å². The van der Waals surface area contributed by atoms with Crippen LogP contribution in [0.25, 0.3) is 0 Å². The van der Waals surface area contributed by atoms with Gasteiger partial charge in [0.25, 0.3) is 0 Å². The SMILES string of the molecule is C.C=CC(=O)N[C@@H](CSC/C=C(\C)CC/C=C(\C)CCC=C(C)C)C(=O)O. The molecule has 27 heavy (non-hydrogen) atoms. The molecule has 0 aromatic carbocycles. The van der Waals surface area contributed by atoms with Crippen molar-refractivity contribution < 1.29 is 14.7 Å². The lowest BCUT2D eigenvalue weighted by molar-refractivity contribution is -0.140. The van der Waals surface area contributed by atoms with E-state index in [1.54, 1.807) is 0 Å². The summed E-state index contributed by atoms with van der Waals surface area (Å²) in [5, 5.41) is 11.5.